The van der Waals surface area contributed by atoms with Gasteiger partial charge in [-0.3, -0.25) is 9.67 Å². The fraction of sp³-hybridized carbons (Fsp3) is 0.611. The minimum absolute atomic E-state index is 0. The van der Waals surface area contributed by atoms with Crippen molar-refractivity contribution in [3.8, 4) is 0 Å². The van der Waals surface area contributed by atoms with Gasteiger partial charge in [0.15, 0.2) is 5.96 Å². The summed E-state index contributed by atoms with van der Waals surface area (Å²) in [4.78, 5) is 12.7. The predicted octanol–water partition coefficient (Wildman–Crippen LogP) is 2.79. The predicted molar refractivity (Wildman–Crippen MR) is 119 cm³/mol. The normalized spacial score (nSPS) is 17.5. The lowest BCUT2D eigenvalue weighted by molar-refractivity contribution is 0.460. The quantitative estimate of drug-likeness (QED) is 0.400. The van der Waals surface area contributed by atoms with Crippen LogP contribution in [0.3, 0.4) is 0 Å². The van der Waals surface area contributed by atoms with E-state index in [1.54, 1.807) is 11.3 Å². The van der Waals surface area contributed by atoms with E-state index in [9.17, 15) is 0 Å². The van der Waals surface area contributed by atoms with E-state index in [1.165, 1.54) is 16.9 Å². The lowest BCUT2D eigenvalue weighted by Gasteiger charge is -2.21. The van der Waals surface area contributed by atoms with Gasteiger partial charge >= 0.3 is 0 Å². The molecule has 0 aromatic carbocycles. The molecule has 1 aliphatic rings. The average molecular weight is 488 g/mol. The fourth-order valence-electron chi connectivity index (χ4n) is 3.53. The molecule has 0 radical (unpaired) electrons. The van der Waals surface area contributed by atoms with Gasteiger partial charge in [0.1, 0.15) is 0 Å². The van der Waals surface area contributed by atoms with Crippen molar-refractivity contribution in [2.45, 2.75) is 33.1 Å². The second-order valence-corrected chi connectivity index (χ2v) is 8.08. The number of aryl methyl sites for hydroxylation is 3. The third-order valence-electron chi connectivity index (χ3n) is 4.71. The summed E-state index contributed by atoms with van der Waals surface area (Å²) in [6.45, 7) is 7.20. The Bertz CT molecular complexity index is 738. The molecule has 1 atom stereocenters. The molecule has 2 aromatic rings. The molecule has 1 saturated heterocycles. The Hall–Kier alpha value is -1.16. The van der Waals surface area contributed by atoms with Crippen LogP contribution >= 0.6 is 35.3 Å². The van der Waals surface area contributed by atoms with Crippen LogP contribution in [0, 0.1) is 19.8 Å². The maximum atomic E-state index is 4.50. The van der Waals surface area contributed by atoms with Crippen LogP contribution in [0.5, 0.6) is 0 Å². The van der Waals surface area contributed by atoms with Crippen LogP contribution < -0.4 is 5.32 Å². The van der Waals surface area contributed by atoms with Gasteiger partial charge in [-0.25, -0.2) is 4.98 Å². The summed E-state index contributed by atoms with van der Waals surface area (Å²) < 4.78 is 1.88. The second-order valence-electron chi connectivity index (χ2n) is 6.79. The summed E-state index contributed by atoms with van der Waals surface area (Å²) in [7, 11) is 3.85. The molecule has 144 valence electrons. The fourth-order valence-corrected chi connectivity index (χ4v) is 4.46. The standard InChI is InChI=1S/C18H28N6S.HI/c1-13-17(25-14(2)22-13)5-7-20-18(19-3)24-8-6-15(12-24)9-16-10-21-23(4)11-16;/h10-11,15H,5-9,12H2,1-4H3,(H,19,20);1H. The van der Waals surface area contributed by atoms with Crippen molar-refractivity contribution in [1.82, 2.24) is 25.0 Å². The number of hydrogen-bond donors (Lipinski definition) is 1. The minimum atomic E-state index is 0. The van der Waals surface area contributed by atoms with E-state index in [4.69, 9.17) is 0 Å². The second kappa shape index (κ2) is 9.68. The van der Waals surface area contributed by atoms with E-state index in [0.717, 1.165) is 49.1 Å². The first-order valence-corrected chi connectivity index (χ1v) is 9.73. The lowest BCUT2D eigenvalue weighted by atomic mass is 10.0. The average Bonchev–Trinajstić information content (AvgIpc) is 3.26. The first kappa shape index (κ1) is 21.1. The monoisotopic (exact) mass is 488 g/mol. The topological polar surface area (TPSA) is 58.3 Å². The Morgan fingerprint density at radius 2 is 2.23 bits per heavy atom. The van der Waals surface area contributed by atoms with E-state index in [1.807, 2.05) is 25.0 Å². The molecular weight excluding hydrogens is 459 g/mol. The van der Waals surface area contributed by atoms with Gasteiger partial charge in [-0.15, -0.1) is 35.3 Å². The van der Waals surface area contributed by atoms with E-state index in [-0.39, 0.29) is 24.0 Å². The van der Waals surface area contributed by atoms with Gasteiger partial charge in [-0.1, -0.05) is 0 Å². The molecule has 3 rings (SSSR count). The molecule has 0 saturated carbocycles. The number of aliphatic imine (C=N–C) groups is 1. The van der Waals surface area contributed by atoms with Gasteiger partial charge in [0.25, 0.3) is 0 Å². The maximum absolute atomic E-state index is 4.50. The molecule has 1 fully saturated rings. The molecule has 1 aliphatic heterocycles. The maximum Gasteiger partial charge on any atom is 0.193 e. The van der Waals surface area contributed by atoms with Gasteiger partial charge < -0.3 is 10.2 Å². The van der Waals surface area contributed by atoms with Crippen molar-refractivity contribution in [2.75, 3.05) is 26.7 Å². The Morgan fingerprint density at radius 1 is 1.42 bits per heavy atom. The highest BCUT2D eigenvalue weighted by Crippen LogP contribution is 2.21. The summed E-state index contributed by atoms with van der Waals surface area (Å²) in [6.07, 6.45) is 7.41. The molecule has 6 nitrogen and oxygen atoms in total. The first-order chi connectivity index (χ1) is 12.0. The van der Waals surface area contributed by atoms with Crippen LogP contribution in [-0.2, 0) is 19.9 Å². The molecule has 2 aromatic heterocycles. The number of nitrogens with zero attached hydrogens (tertiary/aromatic N) is 5. The third kappa shape index (κ3) is 5.42. The Kier molecular flexibility index (Phi) is 7.87. The van der Waals surface area contributed by atoms with Gasteiger partial charge in [-0.05, 0) is 38.2 Å². The van der Waals surface area contributed by atoms with Crippen molar-refractivity contribution in [3.05, 3.63) is 33.5 Å². The van der Waals surface area contributed by atoms with Crippen LogP contribution in [0.4, 0.5) is 0 Å². The molecule has 1 unspecified atom stereocenters. The summed E-state index contributed by atoms with van der Waals surface area (Å²) >= 11 is 1.80. The molecule has 0 spiro atoms. The molecule has 8 heteroatoms. The van der Waals surface area contributed by atoms with Crippen LogP contribution in [-0.4, -0.2) is 52.3 Å². The van der Waals surface area contributed by atoms with Gasteiger partial charge in [0.05, 0.1) is 16.9 Å². The highest BCUT2D eigenvalue weighted by atomic mass is 127. The Labute approximate surface area is 177 Å². The smallest absolute Gasteiger partial charge is 0.193 e. The SMILES string of the molecule is CN=C(NCCc1sc(C)nc1C)N1CCC(Cc2cnn(C)c2)C1.I. The largest absolute Gasteiger partial charge is 0.356 e. The molecule has 26 heavy (non-hydrogen) atoms. The summed E-state index contributed by atoms with van der Waals surface area (Å²) in [6, 6.07) is 0. The van der Waals surface area contributed by atoms with E-state index in [0.29, 0.717) is 5.92 Å². The Balaban J connectivity index is 0.00000243. The van der Waals surface area contributed by atoms with Crippen LogP contribution in [0.1, 0.15) is 27.6 Å². The van der Waals surface area contributed by atoms with Gasteiger partial charge in [0.2, 0.25) is 0 Å². The number of aromatic nitrogens is 3. The number of rotatable bonds is 5. The number of thiazole rings is 1. The minimum Gasteiger partial charge on any atom is -0.356 e. The summed E-state index contributed by atoms with van der Waals surface area (Å²) in [5.74, 6) is 1.70. The number of guanidine groups is 1. The van der Waals surface area contributed by atoms with Crippen molar-refractivity contribution in [2.24, 2.45) is 18.0 Å². The summed E-state index contributed by atoms with van der Waals surface area (Å²) in [5, 5.41) is 8.94. The number of halogens is 1. The van der Waals surface area contributed by atoms with Crippen LogP contribution in [0.2, 0.25) is 0 Å². The zero-order valence-corrected chi connectivity index (χ0v) is 19.2. The Morgan fingerprint density at radius 3 is 2.85 bits per heavy atom. The van der Waals surface area contributed by atoms with Crippen LogP contribution in [0.25, 0.3) is 0 Å². The molecule has 0 aliphatic carbocycles. The summed E-state index contributed by atoms with van der Waals surface area (Å²) in [5.41, 5.74) is 2.49. The highest BCUT2D eigenvalue weighted by molar-refractivity contribution is 14.0. The van der Waals surface area contributed by atoms with Crippen molar-refractivity contribution in [1.29, 1.82) is 0 Å². The molecule has 0 amide bonds. The third-order valence-corrected chi connectivity index (χ3v) is 5.85. The zero-order chi connectivity index (χ0) is 17.8. The number of nitrogens with one attached hydrogen (secondary N) is 1. The van der Waals surface area contributed by atoms with Crippen molar-refractivity contribution in [3.63, 3.8) is 0 Å². The number of likely N-dealkylation sites (tertiary alicyclic amines) is 1. The van der Waals surface area contributed by atoms with E-state index < -0.39 is 0 Å². The molecule has 0 bridgehead atoms. The zero-order valence-electron chi connectivity index (χ0n) is 16.0. The van der Waals surface area contributed by atoms with Crippen molar-refractivity contribution >= 4 is 41.3 Å². The first-order valence-electron chi connectivity index (χ1n) is 8.91. The van der Waals surface area contributed by atoms with Crippen LogP contribution in [0.15, 0.2) is 17.4 Å². The lowest BCUT2D eigenvalue weighted by Crippen LogP contribution is -2.41. The van der Waals surface area contributed by atoms with E-state index >= 15 is 0 Å². The number of hydrogen-bond acceptors (Lipinski definition) is 4. The molecule has 1 N–H and O–H groups in total. The molecular formula is C18H29IN6S. The molecule has 3 heterocycles. The highest BCUT2D eigenvalue weighted by Gasteiger charge is 2.25. The van der Waals surface area contributed by atoms with Crippen molar-refractivity contribution < 1.29 is 0 Å². The van der Waals surface area contributed by atoms with Gasteiger partial charge in [-0.2, -0.15) is 5.10 Å². The van der Waals surface area contributed by atoms with Gasteiger partial charge in [0, 0.05) is 51.2 Å². The van der Waals surface area contributed by atoms with E-state index in [2.05, 4.69) is 45.3 Å².